The zero-order chi connectivity index (χ0) is 16.5. The third kappa shape index (κ3) is 3.05. The van der Waals surface area contributed by atoms with Gasteiger partial charge in [0, 0.05) is 50.1 Å². The van der Waals surface area contributed by atoms with E-state index in [1.807, 2.05) is 24.4 Å². The number of halogens is 2. The molecule has 2 aromatic heterocycles. The lowest BCUT2D eigenvalue weighted by molar-refractivity contribution is 0.244. The Morgan fingerprint density at radius 2 is 1.92 bits per heavy atom. The highest BCUT2D eigenvalue weighted by Gasteiger charge is 2.20. The summed E-state index contributed by atoms with van der Waals surface area (Å²) in [7, 11) is 0. The summed E-state index contributed by atoms with van der Waals surface area (Å²) in [4.78, 5) is 6.47. The molecule has 1 aliphatic heterocycles. The molecule has 6 heteroatoms. The fourth-order valence-corrected chi connectivity index (χ4v) is 3.07. The Balaban J connectivity index is 1.52. The van der Waals surface area contributed by atoms with Gasteiger partial charge >= 0.3 is 0 Å². The standard InChI is InChI=1S/C18H16F2N4/c19-15-7-13(8-16(20)9-15)10-23-6-4-17-14(11-23)12-24(22-17)18-3-1-2-5-21-18/h1-3,5,7-9,12H,4,6,10-11H2. The van der Waals surface area contributed by atoms with Crippen molar-refractivity contribution in [3.63, 3.8) is 0 Å². The van der Waals surface area contributed by atoms with Crippen molar-refractivity contribution >= 4 is 0 Å². The van der Waals surface area contributed by atoms with Crippen molar-refractivity contribution in [2.45, 2.75) is 19.5 Å². The Hall–Kier alpha value is -2.60. The third-order valence-electron chi connectivity index (χ3n) is 4.15. The highest BCUT2D eigenvalue weighted by atomic mass is 19.1. The summed E-state index contributed by atoms with van der Waals surface area (Å²) in [5, 5.41) is 4.60. The summed E-state index contributed by atoms with van der Waals surface area (Å²) in [6.07, 6.45) is 4.53. The van der Waals surface area contributed by atoms with Crippen LogP contribution in [-0.2, 0) is 19.5 Å². The van der Waals surface area contributed by atoms with Crippen LogP contribution in [0.5, 0.6) is 0 Å². The fraction of sp³-hybridized carbons (Fsp3) is 0.222. The maximum Gasteiger partial charge on any atom is 0.153 e. The molecule has 0 amide bonds. The number of pyridine rings is 1. The zero-order valence-electron chi connectivity index (χ0n) is 13.0. The molecular weight excluding hydrogens is 310 g/mol. The second kappa shape index (κ2) is 6.13. The molecule has 0 saturated carbocycles. The molecular formula is C18H16F2N4. The van der Waals surface area contributed by atoms with E-state index in [0.717, 1.165) is 36.1 Å². The van der Waals surface area contributed by atoms with Gasteiger partial charge in [0.05, 0.1) is 5.69 Å². The lowest BCUT2D eigenvalue weighted by atomic mass is 10.1. The minimum atomic E-state index is -0.536. The number of fused-ring (bicyclic) bond motifs is 1. The van der Waals surface area contributed by atoms with Crippen molar-refractivity contribution in [2.24, 2.45) is 0 Å². The smallest absolute Gasteiger partial charge is 0.153 e. The van der Waals surface area contributed by atoms with Crippen LogP contribution < -0.4 is 0 Å². The summed E-state index contributed by atoms with van der Waals surface area (Å²) < 4.78 is 28.5. The van der Waals surface area contributed by atoms with E-state index in [2.05, 4.69) is 15.0 Å². The molecule has 0 atom stereocenters. The minimum Gasteiger partial charge on any atom is -0.294 e. The lowest BCUT2D eigenvalue weighted by Gasteiger charge is -2.26. The molecule has 0 unspecified atom stereocenters. The number of rotatable bonds is 3. The molecule has 0 spiro atoms. The van der Waals surface area contributed by atoms with Gasteiger partial charge in [0.2, 0.25) is 0 Å². The Bertz CT molecular complexity index is 840. The van der Waals surface area contributed by atoms with E-state index in [1.165, 1.54) is 12.1 Å². The average molecular weight is 326 g/mol. The van der Waals surface area contributed by atoms with Crippen molar-refractivity contribution in [1.82, 2.24) is 19.7 Å². The van der Waals surface area contributed by atoms with E-state index >= 15 is 0 Å². The first-order chi connectivity index (χ1) is 11.7. The first-order valence-corrected chi connectivity index (χ1v) is 7.83. The topological polar surface area (TPSA) is 34.0 Å². The van der Waals surface area contributed by atoms with E-state index in [0.29, 0.717) is 18.7 Å². The maximum absolute atomic E-state index is 13.3. The molecule has 0 radical (unpaired) electrons. The zero-order valence-corrected chi connectivity index (χ0v) is 13.0. The first kappa shape index (κ1) is 15.0. The quantitative estimate of drug-likeness (QED) is 0.742. The Morgan fingerprint density at radius 1 is 1.08 bits per heavy atom. The van der Waals surface area contributed by atoms with Crippen molar-refractivity contribution in [1.29, 1.82) is 0 Å². The van der Waals surface area contributed by atoms with Gasteiger partial charge in [0.1, 0.15) is 11.6 Å². The third-order valence-corrected chi connectivity index (χ3v) is 4.15. The van der Waals surface area contributed by atoms with Gasteiger partial charge in [0.15, 0.2) is 5.82 Å². The van der Waals surface area contributed by atoms with Gasteiger partial charge in [-0.3, -0.25) is 4.90 Å². The van der Waals surface area contributed by atoms with Crippen LogP contribution in [0.25, 0.3) is 5.82 Å². The average Bonchev–Trinajstić information content (AvgIpc) is 2.98. The molecule has 3 aromatic rings. The summed E-state index contributed by atoms with van der Waals surface area (Å²) in [6.45, 7) is 2.04. The summed E-state index contributed by atoms with van der Waals surface area (Å²) in [5.41, 5.74) is 2.83. The summed E-state index contributed by atoms with van der Waals surface area (Å²) >= 11 is 0. The predicted octanol–water partition coefficient (Wildman–Crippen LogP) is 3.10. The summed E-state index contributed by atoms with van der Waals surface area (Å²) in [5.74, 6) is -0.290. The molecule has 24 heavy (non-hydrogen) atoms. The number of hydrogen-bond acceptors (Lipinski definition) is 3. The molecule has 0 bridgehead atoms. The van der Waals surface area contributed by atoms with Crippen LogP contribution in [0.1, 0.15) is 16.8 Å². The van der Waals surface area contributed by atoms with Gasteiger partial charge < -0.3 is 0 Å². The van der Waals surface area contributed by atoms with E-state index in [-0.39, 0.29) is 0 Å². The van der Waals surface area contributed by atoms with E-state index in [1.54, 1.807) is 10.9 Å². The van der Waals surface area contributed by atoms with Gasteiger partial charge in [-0.05, 0) is 29.8 Å². The first-order valence-electron chi connectivity index (χ1n) is 7.83. The molecule has 0 N–H and O–H groups in total. The molecule has 122 valence electrons. The van der Waals surface area contributed by atoms with E-state index in [4.69, 9.17) is 0 Å². The van der Waals surface area contributed by atoms with Crippen LogP contribution in [0.15, 0.2) is 48.8 Å². The molecule has 0 aliphatic carbocycles. The van der Waals surface area contributed by atoms with Crippen LogP contribution in [0.3, 0.4) is 0 Å². The second-order valence-electron chi connectivity index (χ2n) is 5.97. The largest absolute Gasteiger partial charge is 0.294 e. The molecule has 4 rings (SSSR count). The predicted molar refractivity (Wildman–Crippen MR) is 85.5 cm³/mol. The van der Waals surface area contributed by atoms with Crippen molar-refractivity contribution < 1.29 is 8.78 Å². The molecule has 3 heterocycles. The van der Waals surface area contributed by atoms with Crippen LogP contribution in [-0.4, -0.2) is 26.2 Å². The van der Waals surface area contributed by atoms with Crippen LogP contribution in [0.4, 0.5) is 8.78 Å². The number of hydrogen-bond donors (Lipinski definition) is 0. The molecule has 0 fully saturated rings. The van der Waals surface area contributed by atoms with Gasteiger partial charge in [-0.1, -0.05) is 6.07 Å². The summed E-state index contributed by atoms with van der Waals surface area (Å²) in [6, 6.07) is 9.37. The maximum atomic E-state index is 13.3. The van der Waals surface area contributed by atoms with Crippen LogP contribution >= 0.6 is 0 Å². The van der Waals surface area contributed by atoms with Gasteiger partial charge in [-0.25, -0.2) is 18.4 Å². The molecule has 1 aromatic carbocycles. The normalized spacial score (nSPS) is 14.6. The van der Waals surface area contributed by atoms with Crippen LogP contribution in [0, 0.1) is 11.6 Å². The Morgan fingerprint density at radius 3 is 2.67 bits per heavy atom. The SMILES string of the molecule is Fc1cc(F)cc(CN2CCc3nn(-c4ccccn4)cc3C2)c1. The van der Waals surface area contributed by atoms with Crippen molar-refractivity contribution in [3.05, 3.63) is 77.2 Å². The molecule has 1 aliphatic rings. The van der Waals surface area contributed by atoms with Crippen LogP contribution in [0.2, 0.25) is 0 Å². The fourth-order valence-electron chi connectivity index (χ4n) is 3.07. The second-order valence-corrected chi connectivity index (χ2v) is 5.97. The van der Waals surface area contributed by atoms with Gasteiger partial charge in [-0.2, -0.15) is 5.10 Å². The van der Waals surface area contributed by atoms with E-state index < -0.39 is 11.6 Å². The van der Waals surface area contributed by atoms with Crippen molar-refractivity contribution in [3.8, 4) is 5.82 Å². The molecule has 4 nitrogen and oxygen atoms in total. The van der Waals surface area contributed by atoms with E-state index in [9.17, 15) is 8.78 Å². The minimum absolute atomic E-state index is 0.517. The number of nitrogens with zero attached hydrogens (tertiary/aromatic N) is 4. The van der Waals surface area contributed by atoms with Gasteiger partial charge in [-0.15, -0.1) is 0 Å². The monoisotopic (exact) mass is 326 g/mol. The lowest BCUT2D eigenvalue weighted by Crippen LogP contribution is -2.29. The highest BCUT2D eigenvalue weighted by molar-refractivity contribution is 5.28. The van der Waals surface area contributed by atoms with Gasteiger partial charge in [0.25, 0.3) is 0 Å². The number of benzene rings is 1. The van der Waals surface area contributed by atoms with Crippen molar-refractivity contribution in [2.75, 3.05) is 6.54 Å². The highest BCUT2D eigenvalue weighted by Crippen LogP contribution is 2.21. The Kier molecular flexibility index (Phi) is 3.82. The molecule has 0 saturated heterocycles. The number of aromatic nitrogens is 3. The Labute approximate surface area is 138 Å².